The molecule has 0 aliphatic heterocycles. The van der Waals surface area contributed by atoms with E-state index in [2.05, 4.69) is 32.0 Å². The van der Waals surface area contributed by atoms with Crippen molar-refractivity contribution in [3.05, 3.63) is 56.6 Å². The predicted octanol–water partition coefficient (Wildman–Crippen LogP) is 1.84. The summed E-state index contributed by atoms with van der Waals surface area (Å²) in [5, 5.41) is 10.1. The average Bonchev–Trinajstić information content (AvgIpc) is 3.05. The first-order chi connectivity index (χ1) is 11.9. The Bertz CT molecular complexity index is 692. The zero-order valence-electron chi connectivity index (χ0n) is 14.9. The number of hydrogen-bond donors (Lipinski definition) is 3. The van der Waals surface area contributed by atoms with Crippen molar-refractivity contribution < 1.29 is 4.79 Å². The van der Waals surface area contributed by atoms with E-state index in [1.165, 1.54) is 11.6 Å². The minimum absolute atomic E-state index is 0.0756. The molecule has 3 N–H and O–H groups in total. The van der Waals surface area contributed by atoms with Crippen LogP contribution in [0.4, 0.5) is 4.79 Å². The van der Waals surface area contributed by atoms with E-state index in [1.807, 2.05) is 32.5 Å². The Morgan fingerprint density at radius 1 is 1.24 bits per heavy atom. The summed E-state index contributed by atoms with van der Waals surface area (Å²) < 4.78 is 0. The van der Waals surface area contributed by atoms with Crippen molar-refractivity contribution in [2.75, 3.05) is 20.6 Å². The highest BCUT2D eigenvalue weighted by atomic mass is 32.1. The zero-order valence-corrected chi connectivity index (χ0v) is 15.7. The summed E-state index contributed by atoms with van der Waals surface area (Å²) in [5.41, 5.74) is 2.16. The lowest BCUT2D eigenvalue weighted by atomic mass is 10.1. The molecule has 2 atom stereocenters. The number of likely N-dealkylation sites (N-methyl/N-ethyl adjacent to an activating group) is 1. The number of rotatable bonds is 8. The molecule has 0 aromatic carbocycles. The number of carbonyl (C=O) groups excluding carboxylic acids is 1. The summed E-state index contributed by atoms with van der Waals surface area (Å²) >= 11 is 1.66. The van der Waals surface area contributed by atoms with Crippen LogP contribution in [-0.4, -0.2) is 48.6 Å². The fourth-order valence-electron chi connectivity index (χ4n) is 2.58. The van der Waals surface area contributed by atoms with Crippen LogP contribution >= 0.6 is 11.3 Å². The van der Waals surface area contributed by atoms with Crippen LogP contribution in [0, 0.1) is 0 Å². The second-order valence-corrected chi connectivity index (χ2v) is 7.25. The first-order valence-electron chi connectivity index (χ1n) is 8.33. The van der Waals surface area contributed by atoms with Gasteiger partial charge in [0.15, 0.2) is 0 Å². The highest BCUT2D eigenvalue weighted by Crippen LogP contribution is 2.08. The van der Waals surface area contributed by atoms with Crippen molar-refractivity contribution >= 4 is 17.4 Å². The van der Waals surface area contributed by atoms with E-state index < -0.39 is 0 Å². The van der Waals surface area contributed by atoms with Crippen molar-refractivity contribution in [1.82, 2.24) is 20.5 Å². The van der Waals surface area contributed by atoms with Gasteiger partial charge in [-0.15, -0.1) is 0 Å². The summed E-state index contributed by atoms with van der Waals surface area (Å²) in [5.74, 6) is 0. The van der Waals surface area contributed by atoms with Crippen LogP contribution in [0.1, 0.15) is 18.1 Å². The quantitative estimate of drug-likeness (QED) is 0.671. The molecule has 2 aromatic rings. The number of thiophene rings is 1. The van der Waals surface area contributed by atoms with Crippen LogP contribution in [0.25, 0.3) is 0 Å². The second-order valence-electron chi connectivity index (χ2n) is 6.47. The Labute approximate surface area is 152 Å². The van der Waals surface area contributed by atoms with E-state index in [4.69, 9.17) is 0 Å². The van der Waals surface area contributed by atoms with Gasteiger partial charge in [0.1, 0.15) is 0 Å². The molecular formula is C18H26N4O2S. The van der Waals surface area contributed by atoms with Crippen LogP contribution in [0.3, 0.4) is 0 Å². The summed E-state index contributed by atoms with van der Waals surface area (Å²) in [6, 6.07) is 5.48. The number of nitrogens with zero attached hydrogens (tertiary/aromatic N) is 1. The molecule has 0 unspecified atom stereocenters. The highest BCUT2D eigenvalue weighted by Gasteiger charge is 2.15. The topological polar surface area (TPSA) is 77.2 Å². The van der Waals surface area contributed by atoms with Crippen LogP contribution in [-0.2, 0) is 12.8 Å². The smallest absolute Gasteiger partial charge is 0.315 e. The first-order valence-corrected chi connectivity index (χ1v) is 9.28. The van der Waals surface area contributed by atoms with Gasteiger partial charge in [-0.05, 0) is 61.8 Å². The fourth-order valence-corrected chi connectivity index (χ4v) is 3.26. The Morgan fingerprint density at radius 3 is 2.64 bits per heavy atom. The van der Waals surface area contributed by atoms with E-state index in [1.54, 1.807) is 17.5 Å². The molecule has 2 rings (SSSR count). The molecule has 25 heavy (non-hydrogen) atoms. The Morgan fingerprint density at radius 2 is 2.04 bits per heavy atom. The van der Waals surface area contributed by atoms with Crippen LogP contribution in [0.5, 0.6) is 0 Å². The molecule has 0 radical (unpaired) electrons. The van der Waals surface area contributed by atoms with Crippen molar-refractivity contribution in [2.45, 2.75) is 31.8 Å². The van der Waals surface area contributed by atoms with E-state index in [9.17, 15) is 9.59 Å². The van der Waals surface area contributed by atoms with E-state index in [0.717, 1.165) is 18.4 Å². The van der Waals surface area contributed by atoms with Gasteiger partial charge in [-0.2, -0.15) is 11.3 Å². The normalized spacial score (nSPS) is 13.4. The maximum Gasteiger partial charge on any atom is 0.315 e. The summed E-state index contributed by atoms with van der Waals surface area (Å²) in [7, 11) is 3.96. The molecule has 0 bridgehead atoms. The summed E-state index contributed by atoms with van der Waals surface area (Å²) in [4.78, 5) is 28.0. The number of aromatic amines is 1. The van der Waals surface area contributed by atoms with E-state index in [0.29, 0.717) is 6.54 Å². The first kappa shape index (κ1) is 19.2. The third-order valence-electron chi connectivity index (χ3n) is 4.05. The lowest BCUT2D eigenvalue weighted by Gasteiger charge is -2.25. The van der Waals surface area contributed by atoms with Crippen LogP contribution in [0.2, 0.25) is 0 Å². The second kappa shape index (κ2) is 9.39. The maximum absolute atomic E-state index is 12.1. The molecule has 2 amide bonds. The van der Waals surface area contributed by atoms with Crippen LogP contribution < -0.4 is 16.2 Å². The summed E-state index contributed by atoms with van der Waals surface area (Å²) in [6.45, 7) is 2.53. The van der Waals surface area contributed by atoms with Gasteiger partial charge >= 0.3 is 6.03 Å². The number of carbonyl (C=O) groups is 1. The van der Waals surface area contributed by atoms with Gasteiger partial charge in [-0.3, -0.25) is 4.79 Å². The lowest BCUT2D eigenvalue weighted by Crippen LogP contribution is -2.47. The molecule has 136 valence electrons. The Hall–Kier alpha value is -2.12. The van der Waals surface area contributed by atoms with Gasteiger partial charge in [-0.1, -0.05) is 6.07 Å². The van der Waals surface area contributed by atoms with Gasteiger partial charge < -0.3 is 20.5 Å². The Kier molecular flexibility index (Phi) is 7.21. The lowest BCUT2D eigenvalue weighted by molar-refractivity contribution is 0.229. The molecule has 0 spiro atoms. The number of H-pyrrole nitrogens is 1. The number of nitrogens with one attached hydrogen (secondary N) is 3. The fraction of sp³-hybridized carbons (Fsp3) is 0.444. The van der Waals surface area contributed by atoms with Crippen molar-refractivity contribution in [3.8, 4) is 0 Å². The number of pyridine rings is 1. The molecule has 0 fully saturated rings. The van der Waals surface area contributed by atoms with Crippen LogP contribution in [0.15, 0.2) is 40.0 Å². The van der Waals surface area contributed by atoms with Gasteiger partial charge in [-0.25, -0.2) is 4.79 Å². The number of amides is 2. The van der Waals surface area contributed by atoms with Gasteiger partial charge in [0.25, 0.3) is 0 Å². The van der Waals surface area contributed by atoms with Gasteiger partial charge in [0.05, 0.1) is 0 Å². The molecule has 0 saturated carbocycles. The monoisotopic (exact) mass is 362 g/mol. The number of hydrogen-bond acceptors (Lipinski definition) is 4. The highest BCUT2D eigenvalue weighted by molar-refractivity contribution is 7.07. The van der Waals surface area contributed by atoms with Crippen molar-refractivity contribution in [3.63, 3.8) is 0 Å². The molecule has 0 aliphatic carbocycles. The molecule has 2 heterocycles. The predicted molar refractivity (Wildman–Crippen MR) is 102 cm³/mol. The third kappa shape index (κ3) is 6.72. The standard InChI is InChI=1S/C18H26N4O2S/c1-13(8-15-6-7-25-12-15)21-18(24)20-11-16(22(2)3)9-14-4-5-17(23)19-10-14/h4-7,10,12-13,16H,8-9,11H2,1-3H3,(H,19,23)(H2,20,21,24)/t13-,16+/m1/s1. The summed E-state index contributed by atoms with van der Waals surface area (Å²) in [6.07, 6.45) is 3.29. The third-order valence-corrected chi connectivity index (χ3v) is 4.78. The maximum atomic E-state index is 12.1. The molecule has 0 saturated heterocycles. The van der Waals surface area contributed by atoms with Gasteiger partial charge in [0.2, 0.25) is 5.56 Å². The average molecular weight is 362 g/mol. The molecule has 6 nitrogen and oxygen atoms in total. The van der Waals surface area contributed by atoms with Gasteiger partial charge in [0, 0.05) is 30.9 Å². The number of aromatic nitrogens is 1. The van der Waals surface area contributed by atoms with Crippen molar-refractivity contribution in [1.29, 1.82) is 0 Å². The zero-order chi connectivity index (χ0) is 18.2. The minimum atomic E-state index is -0.156. The van der Waals surface area contributed by atoms with E-state index in [-0.39, 0.29) is 23.7 Å². The number of urea groups is 1. The largest absolute Gasteiger partial charge is 0.337 e. The molecule has 2 aromatic heterocycles. The minimum Gasteiger partial charge on any atom is -0.337 e. The van der Waals surface area contributed by atoms with E-state index >= 15 is 0 Å². The molecule has 7 heteroatoms. The SMILES string of the molecule is C[C@H](Cc1ccsc1)NC(=O)NC[C@H](Cc1ccc(=O)[nH]c1)N(C)C. The molecular weight excluding hydrogens is 336 g/mol. The van der Waals surface area contributed by atoms with Crippen molar-refractivity contribution in [2.24, 2.45) is 0 Å². The Balaban J connectivity index is 1.80. The molecule has 0 aliphatic rings.